The van der Waals surface area contributed by atoms with Crippen molar-refractivity contribution in [3.8, 4) is 0 Å². The van der Waals surface area contributed by atoms with Gasteiger partial charge >= 0.3 is 0 Å². The Labute approximate surface area is 76.9 Å². The van der Waals surface area contributed by atoms with Crippen molar-refractivity contribution in [3.63, 3.8) is 0 Å². The van der Waals surface area contributed by atoms with Crippen molar-refractivity contribution in [1.29, 1.82) is 0 Å². The maximum absolute atomic E-state index is 13.2. The first-order valence-electron chi connectivity index (χ1n) is 3.45. The van der Waals surface area contributed by atoms with E-state index in [1.165, 1.54) is 0 Å². The molecule has 1 aromatic carbocycles. The van der Waals surface area contributed by atoms with Crippen molar-refractivity contribution in [2.75, 3.05) is 5.32 Å². The van der Waals surface area contributed by atoms with Crippen LogP contribution in [0.5, 0.6) is 0 Å². The maximum atomic E-state index is 13.2. The van der Waals surface area contributed by atoms with Crippen molar-refractivity contribution in [3.05, 3.63) is 28.0 Å². The Bertz CT molecular complexity index is 364. The molecule has 0 aliphatic carbocycles. The van der Waals surface area contributed by atoms with Gasteiger partial charge in [0, 0.05) is 0 Å². The monoisotopic (exact) mass is 229 g/mol. The first kappa shape index (κ1) is 7.73. The molecule has 0 fully saturated rings. The first-order valence-corrected chi connectivity index (χ1v) is 4.24. The molecule has 0 saturated carbocycles. The number of carbonyl (C=O) groups is 1. The molecule has 0 radical (unpaired) electrons. The van der Waals surface area contributed by atoms with Gasteiger partial charge in [0.2, 0.25) is 5.91 Å². The van der Waals surface area contributed by atoms with Gasteiger partial charge in [0.05, 0.1) is 16.6 Å². The lowest BCUT2D eigenvalue weighted by Gasteiger charge is -2.00. The van der Waals surface area contributed by atoms with Gasteiger partial charge in [0.25, 0.3) is 0 Å². The molecular weight excluding hydrogens is 225 g/mol. The molecule has 0 bridgehead atoms. The summed E-state index contributed by atoms with van der Waals surface area (Å²) < 4.78 is 13.6. The van der Waals surface area contributed by atoms with E-state index in [1.807, 2.05) is 0 Å². The van der Waals surface area contributed by atoms with E-state index in [9.17, 15) is 9.18 Å². The number of anilines is 1. The number of hydrogen-bond donors (Lipinski definition) is 1. The molecule has 1 aliphatic heterocycles. The SMILES string of the molecule is O=C1Cc2ccc(Br)c(F)c2N1. The third-order valence-electron chi connectivity index (χ3n) is 1.80. The highest BCUT2D eigenvalue weighted by Crippen LogP contribution is 2.30. The molecule has 1 amide bonds. The van der Waals surface area contributed by atoms with Crippen LogP contribution in [-0.4, -0.2) is 5.91 Å². The van der Waals surface area contributed by atoms with E-state index >= 15 is 0 Å². The van der Waals surface area contributed by atoms with Gasteiger partial charge in [-0.15, -0.1) is 0 Å². The third kappa shape index (κ3) is 1.03. The fourth-order valence-corrected chi connectivity index (χ4v) is 1.56. The summed E-state index contributed by atoms with van der Waals surface area (Å²) in [7, 11) is 0. The van der Waals surface area contributed by atoms with E-state index in [1.54, 1.807) is 12.1 Å². The molecule has 62 valence electrons. The van der Waals surface area contributed by atoms with Crippen molar-refractivity contribution in [2.24, 2.45) is 0 Å². The van der Waals surface area contributed by atoms with Gasteiger partial charge in [0.15, 0.2) is 5.82 Å². The van der Waals surface area contributed by atoms with Gasteiger partial charge in [-0.3, -0.25) is 4.79 Å². The Morgan fingerprint density at radius 3 is 3.00 bits per heavy atom. The third-order valence-corrected chi connectivity index (χ3v) is 2.41. The van der Waals surface area contributed by atoms with Crippen molar-refractivity contribution < 1.29 is 9.18 Å². The summed E-state index contributed by atoms with van der Waals surface area (Å²) in [5, 5.41) is 2.46. The summed E-state index contributed by atoms with van der Waals surface area (Å²) in [6.07, 6.45) is 0.277. The second-order valence-electron chi connectivity index (χ2n) is 2.62. The van der Waals surface area contributed by atoms with Crippen LogP contribution in [0, 0.1) is 5.82 Å². The predicted octanol–water partition coefficient (Wildman–Crippen LogP) is 2.08. The van der Waals surface area contributed by atoms with Crippen LogP contribution in [0.25, 0.3) is 0 Å². The number of hydrogen-bond acceptors (Lipinski definition) is 1. The van der Waals surface area contributed by atoms with E-state index in [0.29, 0.717) is 10.2 Å². The number of benzene rings is 1. The number of rotatable bonds is 0. The van der Waals surface area contributed by atoms with Crippen LogP contribution >= 0.6 is 15.9 Å². The van der Waals surface area contributed by atoms with Crippen molar-refractivity contribution in [2.45, 2.75) is 6.42 Å². The second kappa shape index (κ2) is 2.55. The average molecular weight is 230 g/mol. The fourth-order valence-electron chi connectivity index (χ4n) is 1.23. The summed E-state index contributed by atoms with van der Waals surface area (Å²) in [5.74, 6) is -0.541. The topological polar surface area (TPSA) is 29.1 Å². The molecule has 1 aromatic rings. The number of amides is 1. The fraction of sp³-hybridized carbons (Fsp3) is 0.125. The lowest BCUT2D eigenvalue weighted by molar-refractivity contribution is -0.115. The Kier molecular flexibility index (Phi) is 1.65. The van der Waals surface area contributed by atoms with Crippen LogP contribution in [0.15, 0.2) is 16.6 Å². The Hall–Kier alpha value is -0.900. The molecule has 0 aromatic heterocycles. The maximum Gasteiger partial charge on any atom is 0.228 e. The van der Waals surface area contributed by atoms with Crippen LogP contribution in [0.4, 0.5) is 10.1 Å². The highest BCUT2D eigenvalue weighted by atomic mass is 79.9. The standard InChI is InChI=1S/C8H5BrFNO/c9-5-2-1-4-3-6(12)11-8(4)7(5)10/h1-2H,3H2,(H,11,12). The molecule has 12 heavy (non-hydrogen) atoms. The first-order chi connectivity index (χ1) is 5.68. The summed E-state index contributed by atoms with van der Waals surface area (Å²) in [6, 6.07) is 3.34. The van der Waals surface area contributed by atoms with E-state index < -0.39 is 5.82 Å². The lowest BCUT2D eigenvalue weighted by atomic mass is 10.1. The Morgan fingerprint density at radius 2 is 2.25 bits per heavy atom. The molecular formula is C8H5BrFNO. The number of carbonyl (C=O) groups excluding carboxylic acids is 1. The summed E-state index contributed by atoms with van der Waals surface area (Å²) in [6.45, 7) is 0. The van der Waals surface area contributed by atoms with E-state index in [2.05, 4.69) is 21.2 Å². The largest absolute Gasteiger partial charge is 0.323 e. The minimum atomic E-state index is -0.390. The zero-order valence-corrected chi connectivity index (χ0v) is 7.61. The quantitative estimate of drug-likeness (QED) is 0.726. The van der Waals surface area contributed by atoms with Crippen LogP contribution < -0.4 is 5.32 Å². The molecule has 0 spiro atoms. The summed E-state index contributed by atoms with van der Waals surface area (Å²) in [4.78, 5) is 10.9. The normalized spacial score (nSPS) is 14.3. The molecule has 4 heteroatoms. The van der Waals surface area contributed by atoms with Gasteiger partial charge < -0.3 is 5.32 Å². The highest BCUT2D eigenvalue weighted by Gasteiger charge is 2.21. The molecule has 0 atom stereocenters. The Balaban J connectivity index is 2.61. The van der Waals surface area contributed by atoms with Gasteiger partial charge in [0.1, 0.15) is 0 Å². The minimum absolute atomic E-state index is 0.151. The molecule has 1 N–H and O–H groups in total. The molecule has 1 aliphatic rings. The summed E-state index contributed by atoms with van der Waals surface area (Å²) >= 11 is 3.04. The summed E-state index contributed by atoms with van der Waals surface area (Å²) in [5.41, 5.74) is 1.04. The van der Waals surface area contributed by atoms with Gasteiger partial charge in [-0.2, -0.15) is 0 Å². The van der Waals surface area contributed by atoms with E-state index in [-0.39, 0.29) is 12.3 Å². The number of halogens is 2. The lowest BCUT2D eigenvalue weighted by Crippen LogP contribution is -2.04. The number of nitrogens with one attached hydrogen (secondary N) is 1. The number of fused-ring (bicyclic) bond motifs is 1. The molecule has 1 heterocycles. The van der Waals surface area contributed by atoms with Gasteiger partial charge in [-0.25, -0.2) is 4.39 Å². The zero-order valence-electron chi connectivity index (χ0n) is 6.03. The Morgan fingerprint density at radius 1 is 1.50 bits per heavy atom. The average Bonchev–Trinajstić information content (AvgIpc) is 2.39. The second-order valence-corrected chi connectivity index (χ2v) is 3.47. The minimum Gasteiger partial charge on any atom is -0.323 e. The van der Waals surface area contributed by atoms with Gasteiger partial charge in [-0.1, -0.05) is 6.07 Å². The molecule has 0 unspecified atom stereocenters. The molecule has 2 rings (SSSR count). The van der Waals surface area contributed by atoms with E-state index in [4.69, 9.17) is 0 Å². The zero-order chi connectivity index (χ0) is 8.72. The van der Waals surface area contributed by atoms with Crippen LogP contribution in [-0.2, 0) is 11.2 Å². The highest BCUT2D eigenvalue weighted by molar-refractivity contribution is 9.10. The predicted molar refractivity (Wildman–Crippen MR) is 46.4 cm³/mol. The van der Waals surface area contributed by atoms with Gasteiger partial charge in [-0.05, 0) is 27.6 Å². The van der Waals surface area contributed by atoms with Crippen LogP contribution in [0.3, 0.4) is 0 Å². The molecule has 0 saturated heterocycles. The van der Waals surface area contributed by atoms with Crippen molar-refractivity contribution in [1.82, 2.24) is 0 Å². The van der Waals surface area contributed by atoms with Crippen LogP contribution in [0.1, 0.15) is 5.56 Å². The van der Waals surface area contributed by atoms with Crippen LogP contribution in [0.2, 0.25) is 0 Å². The molecule has 2 nitrogen and oxygen atoms in total. The van der Waals surface area contributed by atoms with Crippen molar-refractivity contribution >= 4 is 27.5 Å². The smallest absolute Gasteiger partial charge is 0.228 e. The van der Waals surface area contributed by atoms with E-state index in [0.717, 1.165) is 5.56 Å².